The van der Waals surface area contributed by atoms with E-state index in [-0.39, 0.29) is 5.56 Å². The fourth-order valence-electron chi connectivity index (χ4n) is 1.70. The van der Waals surface area contributed by atoms with E-state index in [1.165, 1.54) is 18.2 Å². The molecule has 2 aromatic rings. The van der Waals surface area contributed by atoms with E-state index in [0.29, 0.717) is 11.8 Å². The summed E-state index contributed by atoms with van der Waals surface area (Å²) in [5, 5.41) is 8.29. The summed E-state index contributed by atoms with van der Waals surface area (Å²) < 4.78 is 72.2. The van der Waals surface area contributed by atoms with Crippen LogP contribution in [-0.4, -0.2) is 17.4 Å². The number of hydrogen-bond donors (Lipinski definition) is 1. The van der Waals surface area contributed by atoms with E-state index in [1.54, 1.807) is 0 Å². The van der Waals surface area contributed by atoms with Crippen LogP contribution < -0.4 is 0 Å². The molecule has 0 aliphatic heterocycles. The molecule has 1 N–H and O–H groups in total. The van der Waals surface area contributed by atoms with Crippen LogP contribution in [0.1, 0.15) is 27.0 Å². The number of carboxylic acid groups (broad SMARTS) is 1. The average molecular weight is 390 g/mol. The van der Waals surface area contributed by atoms with Gasteiger partial charge < -0.3 is 5.11 Å². The summed E-state index contributed by atoms with van der Waals surface area (Å²) in [5.41, 5.74) is -0.850. The summed E-state index contributed by atoms with van der Waals surface area (Å²) in [4.78, 5) is 20.2. The fraction of sp³-hybridized carbons (Fsp3) is 0.111. The number of halogens is 6. The Kier molecular flexibility index (Phi) is 7.33. The average Bonchev–Trinajstić information content (AvgIpc) is 2.59. The lowest BCUT2D eigenvalue weighted by molar-refractivity contribution is -0.138. The maximum Gasteiger partial charge on any atom is 0.416 e. The van der Waals surface area contributed by atoms with Gasteiger partial charge in [0.05, 0.1) is 11.1 Å². The van der Waals surface area contributed by atoms with Gasteiger partial charge in [-0.3, -0.25) is 4.79 Å². The Hall–Kier alpha value is -3.10. The molecular formula is C18H12F6O3. The zero-order valence-electron chi connectivity index (χ0n) is 13.4. The van der Waals surface area contributed by atoms with Gasteiger partial charge in [-0.05, 0) is 35.9 Å². The van der Waals surface area contributed by atoms with Gasteiger partial charge in [0, 0.05) is 11.6 Å². The van der Waals surface area contributed by atoms with Crippen LogP contribution in [0.15, 0.2) is 54.6 Å². The van der Waals surface area contributed by atoms with Crippen molar-refractivity contribution < 1.29 is 41.0 Å². The number of rotatable bonds is 3. The van der Waals surface area contributed by atoms with Gasteiger partial charge in [-0.2, -0.15) is 26.3 Å². The number of alkyl halides is 6. The monoisotopic (exact) mass is 390 g/mol. The maximum absolute atomic E-state index is 12.1. The Morgan fingerprint density at radius 2 is 1.11 bits per heavy atom. The highest BCUT2D eigenvalue weighted by atomic mass is 19.4. The van der Waals surface area contributed by atoms with Gasteiger partial charge in [-0.1, -0.05) is 24.3 Å². The van der Waals surface area contributed by atoms with Gasteiger partial charge in [0.2, 0.25) is 0 Å². The Bertz CT molecular complexity index is 788. The van der Waals surface area contributed by atoms with E-state index < -0.39 is 29.4 Å². The highest BCUT2D eigenvalue weighted by Crippen LogP contribution is 2.29. The van der Waals surface area contributed by atoms with Crippen molar-refractivity contribution in [2.75, 3.05) is 0 Å². The number of aliphatic carboxylic acids is 1. The largest absolute Gasteiger partial charge is 0.478 e. The molecule has 0 fully saturated rings. The molecule has 0 saturated heterocycles. The van der Waals surface area contributed by atoms with Crippen molar-refractivity contribution in [3.63, 3.8) is 0 Å². The van der Waals surface area contributed by atoms with Crippen LogP contribution >= 0.6 is 0 Å². The van der Waals surface area contributed by atoms with E-state index in [1.807, 2.05) is 0 Å². The highest BCUT2D eigenvalue weighted by molar-refractivity contribution is 5.85. The van der Waals surface area contributed by atoms with E-state index >= 15 is 0 Å². The van der Waals surface area contributed by atoms with Gasteiger partial charge in [0.1, 0.15) is 6.29 Å². The smallest absolute Gasteiger partial charge is 0.416 e. The van der Waals surface area contributed by atoms with Crippen LogP contribution in [0.25, 0.3) is 6.08 Å². The summed E-state index contributed by atoms with van der Waals surface area (Å²) >= 11 is 0. The quantitative estimate of drug-likeness (QED) is 0.438. The van der Waals surface area contributed by atoms with E-state index in [9.17, 15) is 35.9 Å². The molecular weight excluding hydrogens is 378 g/mol. The molecule has 0 spiro atoms. The zero-order valence-corrected chi connectivity index (χ0v) is 13.4. The molecule has 0 atom stereocenters. The molecule has 0 unspecified atom stereocenters. The topological polar surface area (TPSA) is 54.4 Å². The SMILES string of the molecule is O=C(O)/C=C/c1ccc(C(F)(F)F)cc1.O=Cc1ccc(C(F)(F)F)cc1. The van der Waals surface area contributed by atoms with Crippen LogP contribution in [0, 0.1) is 0 Å². The maximum atomic E-state index is 12.1. The lowest BCUT2D eigenvalue weighted by Gasteiger charge is -2.05. The first-order valence-corrected chi connectivity index (χ1v) is 7.14. The Morgan fingerprint density at radius 1 is 0.741 bits per heavy atom. The Labute approximate surface area is 149 Å². The number of carboxylic acids is 1. The molecule has 0 aliphatic carbocycles. The third kappa shape index (κ3) is 7.76. The van der Waals surface area contributed by atoms with Crippen LogP contribution in [0.5, 0.6) is 0 Å². The minimum Gasteiger partial charge on any atom is -0.478 e. The minimum absolute atomic E-state index is 0.239. The molecule has 144 valence electrons. The van der Waals surface area contributed by atoms with E-state index in [2.05, 4.69) is 0 Å². The van der Waals surface area contributed by atoms with Crippen LogP contribution in [0.2, 0.25) is 0 Å². The molecule has 0 heterocycles. The molecule has 0 aromatic heterocycles. The molecule has 0 amide bonds. The van der Waals surface area contributed by atoms with Gasteiger partial charge in [-0.25, -0.2) is 4.79 Å². The van der Waals surface area contributed by atoms with Gasteiger partial charge >= 0.3 is 18.3 Å². The lowest BCUT2D eigenvalue weighted by Crippen LogP contribution is -2.04. The zero-order chi connectivity index (χ0) is 20.7. The highest BCUT2D eigenvalue weighted by Gasteiger charge is 2.30. The molecule has 3 nitrogen and oxygen atoms in total. The van der Waals surface area contributed by atoms with Crippen LogP contribution in [-0.2, 0) is 17.1 Å². The number of benzene rings is 2. The van der Waals surface area contributed by atoms with Crippen molar-refractivity contribution in [3.05, 3.63) is 76.9 Å². The van der Waals surface area contributed by atoms with Crippen molar-refractivity contribution in [1.29, 1.82) is 0 Å². The minimum atomic E-state index is -4.37. The third-order valence-electron chi connectivity index (χ3n) is 3.03. The predicted molar refractivity (Wildman–Crippen MR) is 84.9 cm³/mol. The fourth-order valence-corrected chi connectivity index (χ4v) is 1.70. The van der Waals surface area contributed by atoms with Crippen LogP contribution in [0.4, 0.5) is 26.3 Å². The second-order valence-electron chi connectivity index (χ2n) is 5.03. The number of aldehydes is 1. The first kappa shape index (κ1) is 21.9. The normalized spacial score (nSPS) is 11.6. The number of hydrogen-bond acceptors (Lipinski definition) is 2. The molecule has 0 radical (unpaired) electrons. The van der Waals surface area contributed by atoms with Gasteiger partial charge in [0.15, 0.2) is 0 Å². The summed E-state index contributed by atoms with van der Waals surface area (Å²) in [6.07, 6.45) is -6.11. The van der Waals surface area contributed by atoms with E-state index in [4.69, 9.17) is 5.11 Å². The number of carbonyl (C=O) groups is 2. The van der Waals surface area contributed by atoms with Crippen molar-refractivity contribution in [2.24, 2.45) is 0 Å². The number of carbonyl (C=O) groups excluding carboxylic acids is 1. The molecule has 2 rings (SSSR count). The lowest BCUT2D eigenvalue weighted by atomic mass is 10.1. The first-order chi connectivity index (χ1) is 12.4. The van der Waals surface area contributed by atoms with Crippen molar-refractivity contribution in [1.82, 2.24) is 0 Å². The van der Waals surface area contributed by atoms with Crippen molar-refractivity contribution in [2.45, 2.75) is 12.4 Å². The van der Waals surface area contributed by atoms with Crippen LogP contribution in [0.3, 0.4) is 0 Å². The second kappa shape index (κ2) is 9.02. The second-order valence-corrected chi connectivity index (χ2v) is 5.03. The summed E-state index contributed by atoms with van der Waals surface area (Å²) in [7, 11) is 0. The Balaban J connectivity index is 0.000000277. The molecule has 0 saturated carbocycles. The molecule has 0 bridgehead atoms. The molecule has 27 heavy (non-hydrogen) atoms. The Morgan fingerprint density at radius 3 is 1.41 bits per heavy atom. The van der Waals surface area contributed by atoms with Crippen molar-refractivity contribution in [3.8, 4) is 0 Å². The predicted octanol–water partition coefficient (Wildman–Crippen LogP) is 5.32. The molecule has 2 aromatic carbocycles. The standard InChI is InChI=1S/C10H7F3O2.C8H5F3O/c11-10(12,13)8-4-1-7(2-5-8)3-6-9(14)15;9-8(10,11)7-3-1-6(5-12)2-4-7/h1-6H,(H,14,15);1-5H/b6-3+;. The van der Waals surface area contributed by atoms with Gasteiger partial charge in [-0.15, -0.1) is 0 Å². The van der Waals surface area contributed by atoms with Gasteiger partial charge in [0.25, 0.3) is 0 Å². The summed E-state index contributed by atoms with van der Waals surface area (Å²) in [6.45, 7) is 0. The molecule has 9 heteroatoms. The van der Waals surface area contributed by atoms with Crippen molar-refractivity contribution >= 4 is 18.3 Å². The van der Waals surface area contributed by atoms with E-state index in [0.717, 1.165) is 42.5 Å². The first-order valence-electron chi connectivity index (χ1n) is 7.14. The summed E-state index contributed by atoms with van der Waals surface area (Å²) in [5.74, 6) is -1.14. The molecule has 0 aliphatic rings. The summed E-state index contributed by atoms with van der Waals surface area (Å²) in [6, 6.07) is 8.26. The third-order valence-corrected chi connectivity index (χ3v) is 3.03.